The molecule has 3 nitrogen and oxygen atoms in total. The number of carbonyl (C=O) groups is 1. The van der Waals surface area contributed by atoms with Crippen LogP contribution in [0.5, 0.6) is 0 Å². The number of hydrogen-bond donors (Lipinski definition) is 0. The Balaban J connectivity index is 4.02. The molecule has 0 rings (SSSR count). The average Bonchev–Trinajstić information content (AvgIpc) is 2.32. The summed E-state index contributed by atoms with van der Waals surface area (Å²) in [4.78, 5) is 11.7. The first-order valence-corrected chi connectivity index (χ1v) is 6.79. The summed E-state index contributed by atoms with van der Waals surface area (Å²) in [5, 5.41) is 0. The third kappa shape index (κ3) is 9.07. The van der Waals surface area contributed by atoms with Crippen LogP contribution in [0, 0.1) is 17.8 Å². The molecule has 0 fully saturated rings. The summed E-state index contributed by atoms with van der Waals surface area (Å²) in [5.41, 5.74) is 0. The lowest BCUT2D eigenvalue weighted by molar-refractivity contribution is -0.158. The number of hydrogen-bond acceptors (Lipinski definition) is 3. The first kappa shape index (κ1) is 17.0. The lowest BCUT2D eigenvalue weighted by atomic mass is 10.1. The third-order valence-corrected chi connectivity index (χ3v) is 2.38. The SMILES string of the molecule is CC#CCCCCC(OCC(C)C)C(=O)OCC. The molecule has 3 heteroatoms. The van der Waals surface area contributed by atoms with Gasteiger partial charge in [0.1, 0.15) is 0 Å². The quantitative estimate of drug-likeness (QED) is 0.360. The average molecular weight is 254 g/mol. The van der Waals surface area contributed by atoms with E-state index in [1.807, 2.05) is 13.8 Å². The molecule has 0 amide bonds. The van der Waals surface area contributed by atoms with Crippen LogP contribution in [0.15, 0.2) is 0 Å². The Morgan fingerprint density at radius 2 is 2.00 bits per heavy atom. The van der Waals surface area contributed by atoms with E-state index >= 15 is 0 Å². The highest BCUT2D eigenvalue weighted by Gasteiger charge is 2.20. The summed E-state index contributed by atoms with van der Waals surface area (Å²) in [6.45, 7) is 8.79. The number of esters is 1. The van der Waals surface area contributed by atoms with Crippen LogP contribution in [0.4, 0.5) is 0 Å². The van der Waals surface area contributed by atoms with E-state index in [2.05, 4.69) is 25.7 Å². The van der Waals surface area contributed by atoms with E-state index in [-0.39, 0.29) is 5.97 Å². The van der Waals surface area contributed by atoms with Crippen molar-refractivity contribution >= 4 is 5.97 Å². The van der Waals surface area contributed by atoms with Crippen molar-refractivity contribution in [3.8, 4) is 11.8 Å². The fraction of sp³-hybridized carbons (Fsp3) is 0.800. The van der Waals surface area contributed by atoms with Gasteiger partial charge in [0, 0.05) is 6.42 Å². The fourth-order valence-corrected chi connectivity index (χ4v) is 1.48. The molecule has 0 aromatic heterocycles. The van der Waals surface area contributed by atoms with Gasteiger partial charge < -0.3 is 9.47 Å². The summed E-state index contributed by atoms with van der Waals surface area (Å²) < 4.78 is 10.6. The van der Waals surface area contributed by atoms with Crippen LogP contribution in [0.25, 0.3) is 0 Å². The van der Waals surface area contributed by atoms with Gasteiger partial charge in [-0.25, -0.2) is 4.79 Å². The van der Waals surface area contributed by atoms with E-state index in [1.165, 1.54) is 0 Å². The molecule has 1 unspecified atom stereocenters. The predicted molar refractivity (Wildman–Crippen MR) is 73.1 cm³/mol. The molecule has 0 N–H and O–H groups in total. The Morgan fingerprint density at radius 1 is 1.28 bits per heavy atom. The molecular weight excluding hydrogens is 228 g/mol. The van der Waals surface area contributed by atoms with E-state index in [0.717, 1.165) is 25.7 Å². The van der Waals surface area contributed by atoms with Gasteiger partial charge in [-0.05, 0) is 39.0 Å². The second-order valence-corrected chi connectivity index (χ2v) is 4.64. The number of ether oxygens (including phenoxy) is 2. The molecule has 0 saturated heterocycles. The molecular formula is C15H26O3. The fourth-order valence-electron chi connectivity index (χ4n) is 1.48. The van der Waals surface area contributed by atoms with Gasteiger partial charge in [-0.15, -0.1) is 11.8 Å². The Labute approximate surface area is 111 Å². The van der Waals surface area contributed by atoms with Gasteiger partial charge in [-0.2, -0.15) is 0 Å². The minimum Gasteiger partial charge on any atom is -0.464 e. The summed E-state index contributed by atoms with van der Waals surface area (Å²) in [6, 6.07) is 0. The standard InChI is InChI=1S/C15H26O3/c1-5-7-8-9-10-11-14(15(16)17-6-2)18-12-13(3)4/h13-14H,6,8-12H2,1-4H3. The van der Waals surface area contributed by atoms with Crippen LogP contribution in [0.1, 0.15) is 53.4 Å². The summed E-state index contributed by atoms with van der Waals surface area (Å²) in [7, 11) is 0. The summed E-state index contributed by atoms with van der Waals surface area (Å²) >= 11 is 0. The molecule has 0 bridgehead atoms. The van der Waals surface area contributed by atoms with E-state index in [4.69, 9.17) is 9.47 Å². The maximum absolute atomic E-state index is 11.7. The van der Waals surface area contributed by atoms with Crippen LogP contribution < -0.4 is 0 Å². The molecule has 0 aromatic rings. The topological polar surface area (TPSA) is 35.5 Å². The number of carbonyl (C=O) groups excluding carboxylic acids is 1. The molecule has 1 atom stereocenters. The molecule has 0 heterocycles. The van der Waals surface area contributed by atoms with Crippen molar-refractivity contribution in [3.05, 3.63) is 0 Å². The highest BCUT2D eigenvalue weighted by atomic mass is 16.6. The summed E-state index contributed by atoms with van der Waals surface area (Å²) in [6.07, 6.45) is 3.13. The van der Waals surface area contributed by atoms with Gasteiger partial charge in [0.25, 0.3) is 0 Å². The lowest BCUT2D eigenvalue weighted by Gasteiger charge is -2.17. The third-order valence-electron chi connectivity index (χ3n) is 2.38. The minimum atomic E-state index is -0.415. The van der Waals surface area contributed by atoms with Crippen LogP contribution >= 0.6 is 0 Å². The molecule has 0 aliphatic carbocycles. The second kappa shape index (κ2) is 11.1. The zero-order chi connectivity index (χ0) is 13.8. The van der Waals surface area contributed by atoms with Gasteiger partial charge in [0.05, 0.1) is 13.2 Å². The van der Waals surface area contributed by atoms with Crippen LogP contribution in [0.2, 0.25) is 0 Å². The van der Waals surface area contributed by atoms with E-state index in [1.54, 1.807) is 0 Å². The second-order valence-electron chi connectivity index (χ2n) is 4.64. The van der Waals surface area contributed by atoms with Crippen molar-refractivity contribution in [3.63, 3.8) is 0 Å². The Hall–Kier alpha value is -1.01. The van der Waals surface area contributed by atoms with E-state index < -0.39 is 6.10 Å². The molecule has 0 aliphatic heterocycles. The van der Waals surface area contributed by atoms with Gasteiger partial charge in [0.2, 0.25) is 0 Å². The summed E-state index contributed by atoms with van der Waals surface area (Å²) in [5.74, 6) is 6.07. The molecule has 104 valence electrons. The molecule has 0 aromatic carbocycles. The van der Waals surface area contributed by atoms with Gasteiger partial charge >= 0.3 is 5.97 Å². The Kier molecular flexibility index (Phi) is 10.5. The first-order valence-electron chi connectivity index (χ1n) is 6.79. The number of rotatable bonds is 9. The van der Waals surface area contributed by atoms with Crippen molar-refractivity contribution in [1.82, 2.24) is 0 Å². The molecule has 0 spiro atoms. The van der Waals surface area contributed by atoms with Crippen molar-refractivity contribution in [2.24, 2.45) is 5.92 Å². The van der Waals surface area contributed by atoms with E-state index in [9.17, 15) is 4.79 Å². The molecule has 0 aliphatic rings. The largest absolute Gasteiger partial charge is 0.464 e. The zero-order valence-electron chi connectivity index (χ0n) is 12.1. The Morgan fingerprint density at radius 3 is 2.56 bits per heavy atom. The van der Waals surface area contributed by atoms with Crippen molar-refractivity contribution in [2.45, 2.75) is 59.5 Å². The van der Waals surface area contributed by atoms with E-state index in [0.29, 0.717) is 19.1 Å². The monoisotopic (exact) mass is 254 g/mol. The van der Waals surface area contributed by atoms with Crippen molar-refractivity contribution < 1.29 is 14.3 Å². The molecule has 0 saturated carbocycles. The van der Waals surface area contributed by atoms with Gasteiger partial charge in [0.15, 0.2) is 6.10 Å². The maximum atomic E-state index is 11.7. The Bertz CT molecular complexity index is 273. The lowest BCUT2D eigenvalue weighted by Crippen LogP contribution is -2.28. The molecule has 18 heavy (non-hydrogen) atoms. The van der Waals surface area contributed by atoms with Crippen LogP contribution in [0.3, 0.4) is 0 Å². The zero-order valence-corrected chi connectivity index (χ0v) is 12.1. The minimum absolute atomic E-state index is 0.236. The van der Waals surface area contributed by atoms with Crippen molar-refractivity contribution in [1.29, 1.82) is 0 Å². The highest BCUT2D eigenvalue weighted by molar-refractivity contribution is 5.74. The van der Waals surface area contributed by atoms with Crippen LogP contribution in [-0.2, 0) is 14.3 Å². The van der Waals surface area contributed by atoms with Crippen molar-refractivity contribution in [2.75, 3.05) is 13.2 Å². The highest BCUT2D eigenvalue weighted by Crippen LogP contribution is 2.10. The smallest absolute Gasteiger partial charge is 0.335 e. The normalized spacial score (nSPS) is 11.8. The first-order chi connectivity index (χ1) is 8.61. The van der Waals surface area contributed by atoms with Crippen LogP contribution in [-0.4, -0.2) is 25.3 Å². The predicted octanol–water partition coefficient (Wildman–Crippen LogP) is 3.17. The number of unbranched alkanes of at least 4 members (excludes halogenated alkanes) is 2. The van der Waals surface area contributed by atoms with Gasteiger partial charge in [-0.3, -0.25) is 0 Å². The van der Waals surface area contributed by atoms with Gasteiger partial charge in [-0.1, -0.05) is 13.8 Å². The maximum Gasteiger partial charge on any atom is 0.335 e. The molecule has 0 radical (unpaired) electrons.